The largest absolute Gasteiger partial charge is 0.467 e. The molecule has 4 rings (SSSR count). The standard InChI is InChI=1S/C27H37N3O6/c1-21(2)15-26(31)29(9-4-8-28-10-13-33-14-11-28)19-27(32)30(18-23-5-3-12-34-23)17-22-6-7-24-25(16-22)36-20-35-24/h3,5-7,12,16,21H,4,8-11,13-15,17-20H2,1-2H3. The van der Waals surface area contributed by atoms with Crippen LogP contribution in [-0.4, -0.2) is 79.2 Å². The van der Waals surface area contributed by atoms with Gasteiger partial charge in [-0.15, -0.1) is 0 Å². The van der Waals surface area contributed by atoms with Crippen LogP contribution in [0.25, 0.3) is 0 Å². The minimum atomic E-state index is -0.118. The van der Waals surface area contributed by atoms with Crippen LogP contribution >= 0.6 is 0 Å². The predicted octanol–water partition coefficient (Wildman–Crippen LogP) is 3.13. The molecule has 0 aliphatic carbocycles. The molecule has 1 aromatic carbocycles. The van der Waals surface area contributed by atoms with Gasteiger partial charge in [-0.05, 0) is 42.2 Å². The van der Waals surface area contributed by atoms with Gasteiger partial charge in [0.1, 0.15) is 5.76 Å². The van der Waals surface area contributed by atoms with Crippen molar-refractivity contribution in [3.05, 3.63) is 47.9 Å². The molecular formula is C27H37N3O6. The molecule has 2 aliphatic rings. The Morgan fingerprint density at radius 3 is 2.56 bits per heavy atom. The van der Waals surface area contributed by atoms with Gasteiger partial charge < -0.3 is 28.4 Å². The summed E-state index contributed by atoms with van der Waals surface area (Å²) >= 11 is 0. The molecule has 0 unspecified atom stereocenters. The molecule has 0 atom stereocenters. The first-order valence-electron chi connectivity index (χ1n) is 12.7. The highest BCUT2D eigenvalue weighted by Gasteiger charge is 2.24. The molecule has 0 radical (unpaired) electrons. The maximum absolute atomic E-state index is 13.6. The SMILES string of the molecule is CC(C)CC(=O)N(CCCN1CCOCC1)CC(=O)N(Cc1ccc2c(c1)OCO2)Cc1ccco1. The minimum Gasteiger partial charge on any atom is -0.467 e. The van der Waals surface area contributed by atoms with Gasteiger partial charge in [0.25, 0.3) is 0 Å². The first-order valence-corrected chi connectivity index (χ1v) is 12.7. The maximum atomic E-state index is 13.6. The number of benzene rings is 1. The van der Waals surface area contributed by atoms with E-state index in [1.807, 2.05) is 44.2 Å². The number of morpholine rings is 1. The molecule has 1 fully saturated rings. The molecular weight excluding hydrogens is 462 g/mol. The summed E-state index contributed by atoms with van der Waals surface area (Å²) in [5, 5.41) is 0. The lowest BCUT2D eigenvalue weighted by Gasteiger charge is -2.30. The number of amides is 2. The summed E-state index contributed by atoms with van der Waals surface area (Å²) < 4.78 is 21.9. The van der Waals surface area contributed by atoms with E-state index < -0.39 is 0 Å². The van der Waals surface area contributed by atoms with Crippen molar-refractivity contribution < 1.29 is 28.2 Å². The van der Waals surface area contributed by atoms with Crippen molar-refractivity contribution in [2.24, 2.45) is 5.92 Å². The van der Waals surface area contributed by atoms with E-state index >= 15 is 0 Å². The molecule has 2 aliphatic heterocycles. The minimum absolute atomic E-state index is 0.0151. The highest BCUT2D eigenvalue weighted by atomic mass is 16.7. The van der Waals surface area contributed by atoms with Gasteiger partial charge in [-0.1, -0.05) is 19.9 Å². The van der Waals surface area contributed by atoms with Gasteiger partial charge in [0.15, 0.2) is 11.5 Å². The van der Waals surface area contributed by atoms with E-state index in [2.05, 4.69) is 4.90 Å². The average molecular weight is 500 g/mol. The van der Waals surface area contributed by atoms with Crippen LogP contribution in [0.1, 0.15) is 38.0 Å². The van der Waals surface area contributed by atoms with Gasteiger partial charge in [0, 0.05) is 39.1 Å². The van der Waals surface area contributed by atoms with Gasteiger partial charge in [-0.2, -0.15) is 0 Å². The lowest BCUT2D eigenvalue weighted by Crippen LogP contribution is -2.44. The number of hydrogen-bond donors (Lipinski definition) is 0. The van der Waals surface area contributed by atoms with Crippen molar-refractivity contribution >= 4 is 11.8 Å². The molecule has 0 bridgehead atoms. The number of carbonyl (C=O) groups excluding carboxylic acids is 2. The van der Waals surface area contributed by atoms with E-state index in [-0.39, 0.29) is 31.1 Å². The van der Waals surface area contributed by atoms with E-state index in [0.717, 1.165) is 44.8 Å². The fourth-order valence-corrected chi connectivity index (χ4v) is 4.43. The lowest BCUT2D eigenvalue weighted by molar-refractivity contribution is -0.142. The number of hydrogen-bond acceptors (Lipinski definition) is 7. The van der Waals surface area contributed by atoms with Crippen LogP contribution in [0.5, 0.6) is 11.5 Å². The zero-order valence-corrected chi connectivity index (χ0v) is 21.3. The van der Waals surface area contributed by atoms with Crippen LogP contribution in [0.4, 0.5) is 0 Å². The van der Waals surface area contributed by atoms with E-state index in [1.165, 1.54) is 0 Å². The lowest BCUT2D eigenvalue weighted by atomic mass is 10.1. The number of furan rings is 1. The Hall–Kier alpha value is -3.04. The van der Waals surface area contributed by atoms with E-state index in [4.69, 9.17) is 18.6 Å². The summed E-state index contributed by atoms with van der Waals surface area (Å²) in [5.41, 5.74) is 0.923. The van der Waals surface area contributed by atoms with Crippen LogP contribution in [0.3, 0.4) is 0 Å². The van der Waals surface area contributed by atoms with Crippen molar-refractivity contribution in [1.29, 1.82) is 0 Å². The highest BCUT2D eigenvalue weighted by Crippen LogP contribution is 2.33. The summed E-state index contributed by atoms with van der Waals surface area (Å²) in [6, 6.07) is 9.35. The number of nitrogens with zero attached hydrogens (tertiary/aromatic N) is 3. The second-order valence-electron chi connectivity index (χ2n) is 9.74. The molecule has 9 nitrogen and oxygen atoms in total. The fourth-order valence-electron chi connectivity index (χ4n) is 4.43. The first kappa shape index (κ1) is 26.0. The molecule has 0 spiro atoms. The molecule has 1 aromatic heterocycles. The summed E-state index contributed by atoms with van der Waals surface area (Å²) in [7, 11) is 0. The predicted molar refractivity (Wildman–Crippen MR) is 133 cm³/mol. The van der Waals surface area contributed by atoms with E-state index in [1.54, 1.807) is 16.1 Å². The van der Waals surface area contributed by atoms with Gasteiger partial charge in [-0.3, -0.25) is 14.5 Å². The van der Waals surface area contributed by atoms with Gasteiger partial charge in [0.2, 0.25) is 18.6 Å². The molecule has 0 N–H and O–H groups in total. The summed E-state index contributed by atoms with van der Waals surface area (Å²) in [4.78, 5) is 32.4. The number of ether oxygens (including phenoxy) is 3. The van der Waals surface area contributed by atoms with Gasteiger partial charge >= 0.3 is 0 Å². The van der Waals surface area contributed by atoms with Crippen LogP contribution in [0, 0.1) is 5.92 Å². The Kier molecular flexibility index (Phi) is 9.24. The smallest absolute Gasteiger partial charge is 0.242 e. The van der Waals surface area contributed by atoms with Crippen LogP contribution in [-0.2, 0) is 27.4 Å². The molecule has 9 heteroatoms. The Balaban J connectivity index is 1.43. The third-order valence-corrected chi connectivity index (χ3v) is 6.36. The van der Waals surface area contributed by atoms with Crippen LogP contribution < -0.4 is 9.47 Å². The van der Waals surface area contributed by atoms with E-state index in [0.29, 0.717) is 43.3 Å². The summed E-state index contributed by atoms with van der Waals surface area (Å²) in [5.74, 6) is 2.19. The molecule has 36 heavy (non-hydrogen) atoms. The molecule has 196 valence electrons. The van der Waals surface area contributed by atoms with Crippen molar-refractivity contribution in [3.63, 3.8) is 0 Å². The second-order valence-corrected chi connectivity index (χ2v) is 9.74. The molecule has 0 saturated carbocycles. The molecule has 2 aromatic rings. The highest BCUT2D eigenvalue weighted by molar-refractivity contribution is 5.85. The van der Waals surface area contributed by atoms with Crippen molar-refractivity contribution in [3.8, 4) is 11.5 Å². The number of rotatable bonds is 12. The normalized spacial score (nSPS) is 15.3. The first-order chi connectivity index (χ1) is 17.5. The Labute approximate surface area is 212 Å². The molecule has 1 saturated heterocycles. The summed E-state index contributed by atoms with van der Waals surface area (Å²) in [6.07, 6.45) is 2.84. The quantitative estimate of drug-likeness (QED) is 0.444. The Morgan fingerprint density at radius 1 is 1.00 bits per heavy atom. The van der Waals surface area contributed by atoms with Gasteiger partial charge in [-0.25, -0.2) is 0 Å². The fraction of sp³-hybridized carbons (Fsp3) is 0.556. The molecule has 3 heterocycles. The Bertz CT molecular complexity index is 987. The third-order valence-electron chi connectivity index (χ3n) is 6.36. The van der Waals surface area contributed by atoms with Crippen molar-refractivity contribution in [2.45, 2.75) is 39.8 Å². The number of carbonyl (C=O) groups is 2. The van der Waals surface area contributed by atoms with Crippen molar-refractivity contribution in [2.75, 3.05) is 52.7 Å². The summed E-state index contributed by atoms with van der Waals surface area (Å²) in [6.45, 7) is 9.72. The van der Waals surface area contributed by atoms with Crippen LogP contribution in [0.2, 0.25) is 0 Å². The zero-order chi connectivity index (χ0) is 25.3. The van der Waals surface area contributed by atoms with Crippen molar-refractivity contribution in [1.82, 2.24) is 14.7 Å². The van der Waals surface area contributed by atoms with Gasteiger partial charge in [0.05, 0.1) is 32.6 Å². The maximum Gasteiger partial charge on any atom is 0.242 e. The van der Waals surface area contributed by atoms with Crippen LogP contribution in [0.15, 0.2) is 41.0 Å². The zero-order valence-electron chi connectivity index (χ0n) is 21.3. The topological polar surface area (TPSA) is 84.7 Å². The second kappa shape index (κ2) is 12.8. The van der Waals surface area contributed by atoms with E-state index in [9.17, 15) is 9.59 Å². The Morgan fingerprint density at radius 2 is 1.81 bits per heavy atom. The third kappa shape index (κ3) is 7.48. The average Bonchev–Trinajstić information content (AvgIpc) is 3.55. The monoisotopic (exact) mass is 499 g/mol. The molecule has 2 amide bonds. The number of fused-ring (bicyclic) bond motifs is 1.